The number of hydrogen-bond acceptors (Lipinski definition) is 4. The number of rotatable bonds is 7. The number of aryl methyl sites for hydroxylation is 2. The van der Waals surface area contributed by atoms with Crippen molar-refractivity contribution in [2.45, 2.75) is 32.8 Å². The molecule has 5 nitrogen and oxygen atoms in total. The first-order chi connectivity index (χ1) is 12.6. The second kappa shape index (κ2) is 8.72. The molecule has 1 atom stereocenters. The summed E-state index contributed by atoms with van der Waals surface area (Å²) in [7, 11) is 0. The smallest absolute Gasteiger partial charge is 0.243 e. The molecule has 1 aliphatic rings. The number of anilines is 2. The lowest BCUT2D eigenvalue weighted by molar-refractivity contribution is -0.114. The molecule has 2 aromatic rings. The van der Waals surface area contributed by atoms with E-state index in [1.807, 2.05) is 56.3 Å². The van der Waals surface area contributed by atoms with E-state index >= 15 is 0 Å². The zero-order chi connectivity index (χ0) is 18.4. The molecule has 0 aromatic heterocycles. The minimum Gasteiger partial charge on any atom is -0.491 e. The van der Waals surface area contributed by atoms with Gasteiger partial charge in [0, 0.05) is 18.0 Å². The molecular formula is C21H26N2O3. The van der Waals surface area contributed by atoms with E-state index in [4.69, 9.17) is 9.47 Å². The summed E-state index contributed by atoms with van der Waals surface area (Å²) in [5, 5.41) is 6.08. The summed E-state index contributed by atoms with van der Waals surface area (Å²) in [6.45, 7) is 5.63. The fourth-order valence-electron chi connectivity index (χ4n) is 2.88. The van der Waals surface area contributed by atoms with Crippen molar-refractivity contribution in [3.63, 3.8) is 0 Å². The topological polar surface area (TPSA) is 59.6 Å². The maximum atomic E-state index is 12.2. The first-order valence-electron chi connectivity index (χ1n) is 9.05. The predicted octanol–water partition coefficient (Wildman–Crippen LogP) is 3.91. The monoisotopic (exact) mass is 354 g/mol. The molecule has 0 radical (unpaired) electrons. The first kappa shape index (κ1) is 18.3. The summed E-state index contributed by atoms with van der Waals surface area (Å²) in [5.74, 6) is 0.739. The molecule has 5 heteroatoms. The lowest BCUT2D eigenvalue weighted by atomic mass is 10.1. The van der Waals surface area contributed by atoms with Gasteiger partial charge >= 0.3 is 0 Å². The van der Waals surface area contributed by atoms with E-state index in [0.717, 1.165) is 47.7 Å². The highest BCUT2D eigenvalue weighted by Crippen LogP contribution is 2.19. The first-order valence-corrected chi connectivity index (χ1v) is 9.05. The Bertz CT molecular complexity index is 737. The largest absolute Gasteiger partial charge is 0.491 e. The Morgan fingerprint density at radius 2 is 2.00 bits per heavy atom. The molecule has 1 amide bonds. The van der Waals surface area contributed by atoms with E-state index < -0.39 is 0 Å². The molecule has 0 spiro atoms. The number of carbonyl (C=O) groups is 1. The van der Waals surface area contributed by atoms with Gasteiger partial charge in [-0.2, -0.15) is 0 Å². The summed E-state index contributed by atoms with van der Waals surface area (Å²) in [6.07, 6.45) is 2.39. The fraction of sp³-hybridized carbons (Fsp3) is 0.381. The molecule has 0 bridgehead atoms. The van der Waals surface area contributed by atoms with Crippen molar-refractivity contribution < 1.29 is 14.3 Å². The fourth-order valence-corrected chi connectivity index (χ4v) is 2.88. The summed E-state index contributed by atoms with van der Waals surface area (Å²) in [6, 6.07) is 13.7. The maximum absolute atomic E-state index is 12.2. The third-order valence-corrected chi connectivity index (χ3v) is 4.43. The van der Waals surface area contributed by atoms with Crippen LogP contribution in [0.3, 0.4) is 0 Å². The van der Waals surface area contributed by atoms with Gasteiger partial charge in [0.05, 0.1) is 12.6 Å². The van der Waals surface area contributed by atoms with Crippen molar-refractivity contribution in [3.05, 3.63) is 53.6 Å². The van der Waals surface area contributed by atoms with Gasteiger partial charge in [-0.3, -0.25) is 4.79 Å². The summed E-state index contributed by atoms with van der Waals surface area (Å²) >= 11 is 0. The average Bonchev–Trinajstić information content (AvgIpc) is 3.16. The molecule has 0 saturated carbocycles. The molecule has 0 aliphatic carbocycles. The van der Waals surface area contributed by atoms with Gasteiger partial charge in [-0.25, -0.2) is 0 Å². The molecule has 26 heavy (non-hydrogen) atoms. The number of carbonyl (C=O) groups excluding carboxylic acids is 1. The van der Waals surface area contributed by atoms with E-state index in [9.17, 15) is 4.79 Å². The number of benzene rings is 2. The normalized spacial score (nSPS) is 16.3. The highest BCUT2D eigenvalue weighted by Gasteiger charge is 2.15. The Balaban J connectivity index is 1.45. The van der Waals surface area contributed by atoms with Gasteiger partial charge in [0.1, 0.15) is 12.4 Å². The Hall–Kier alpha value is -2.53. The Morgan fingerprint density at radius 1 is 1.19 bits per heavy atom. The highest BCUT2D eigenvalue weighted by molar-refractivity contribution is 5.94. The van der Waals surface area contributed by atoms with Crippen LogP contribution >= 0.6 is 0 Å². The van der Waals surface area contributed by atoms with E-state index in [1.165, 1.54) is 0 Å². The van der Waals surface area contributed by atoms with Crippen LogP contribution < -0.4 is 15.4 Å². The standard InChI is InChI=1S/C21H26N2O3/c1-15-5-6-16(2)20(12-15)23-21(24)13-22-17-7-9-18(10-8-17)26-14-19-4-3-11-25-19/h5-10,12,19,22H,3-4,11,13-14H2,1-2H3,(H,23,24). The van der Waals surface area contributed by atoms with Crippen LogP contribution in [-0.2, 0) is 9.53 Å². The van der Waals surface area contributed by atoms with Crippen LogP contribution in [0.5, 0.6) is 5.75 Å². The van der Waals surface area contributed by atoms with Gasteiger partial charge in [0.25, 0.3) is 0 Å². The molecular weight excluding hydrogens is 328 g/mol. The zero-order valence-electron chi connectivity index (χ0n) is 15.4. The van der Waals surface area contributed by atoms with E-state index in [2.05, 4.69) is 10.6 Å². The van der Waals surface area contributed by atoms with Gasteiger partial charge in [-0.15, -0.1) is 0 Å². The molecule has 1 heterocycles. The average molecular weight is 354 g/mol. The van der Waals surface area contributed by atoms with Crippen LogP contribution in [0.4, 0.5) is 11.4 Å². The number of amides is 1. The third-order valence-electron chi connectivity index (χ3n) is 4.43. The van der Waals surface area contributed by atoms with Crippen molar-refractivity contribution in [1.29, 1.82) is 0 Å². The lowest BCUT2D eigenvalue weighted by Crippen LogP contribution is -2.22. The van der Waals surface area contributed by atoms with Gasteiger partial charge < -0.3 is 20.1 Å². The van der Waals surface area contributed by atoms with Crippen LogP contribution in [0.25, 0.3) is 0 Å². The minimum absolute atomic E-state index is 0.0718. The van der Waals surface area contributed by atoms with Crippen LogP contribution in [0, 0.1) is 13.8 Å². The molecule has 2 N–H and O–H groups in total. The van der Waals surface area contributed by atoms with Gasteiger partial charge in [0.15, 0.2) is 0 Å². The van der Waals surface area contributed by atoms with E-state index in [1.54, 1.807) is 0 Å². The summed E-state index contributed by atoms with van der Waals surface area (Å²) in [5.41, 5.74) is 3.91. The van der Waals surface area contributed by atoms with Crippen LogP contribution in [0.2, 0.25) is 0 Å². The van der Waals surface area contributed by atoms with E-state index in [0.29, 0.717) is 6.61 Å². The van der Waals surface area contributed by atoms with Crippen LogP contribution in [0.15, 0.2) is 42.5 Å². The number of nitrogens with one attached hydrogen (secondary N) is 2. The quantitative estimate of drug-likeness (QED) is 0.791. The SMILES string of the molecule is Cc1ccc(C)c(NC(=O)CNc2ccc(OCC3CCCO3)cc2)c1. The Kier molecular flexibility index (Phi) is 6.12. The predicted molar refractivity (Wildman–Crippen MR) is 104 cm³/mol. The molecule has 3 rings (SSSR count). The Morgan fingerprint density at radius 3 is 2.73 bits per heavy atom. The molecule has 1 fully saturated rings. The zero-order valence-corrected chi connectivity index (χ0v) is 15.4. The van der Waals surface area contributed by atoms with Crippen molar-refractivity contribution in [1.82, 2.24) is 0 Å². The third kappa shape index (κ3) is 5.23. The molecule has 2 aromatic carbocycles. The maximum Gasteiger partial charge on any atom is 0.243 e. The second-order valence-electron chi connectivity index (χ2n) is 6.69. The van der Waals surface area contributed by atoms with Crippen molar-refractivity contribution in [2.75, 3.05) is 30.4 Å². The van der Waals surface area contributed by atoms with Crippen LogP contribution in [0.1, 0.15) is 24.0 Å². The second-order valence-corrected chi connectivity index (χ2v) is 6.69. The lowest BCUT2D eigenvalue weighted by Gasteiger charge is -2.13. The van der Waals surface area contributed by atoms with Crippen LogP contribution in [-0.4, -0.2) is 31.8 Å². The van der Waals surface area contributed by atoms with Crippen molar-refractivity contribution >= 4 is 17.3 Å². The number of ether oxygens (including phenoxy) is 2. The molecule has 1 unspecified atom stereocenters. The minimum atomic E-state index is -0.0718. The molecule has 1 saturated heterocycles. The van der Waals surface area contributed by atoms with Crippen molar-refractivity contribution in [3.8, 4) is 5.75 Å². The number of hydrogen-bond donors (Lipinski definition) is 2. The van der Waals surface area contributed by atoms with Gasteiger partial charge in [0.2, 0.25) is 5.91 Å². The van der Waals surface area contributed by atoms with Gasteiger partial charge in [-0.1, -0.05) is 12.1 Å². The Labute approximate surface area is 154 Å². The highest BCUT2D eigenvalue weighted by atomic mass is 16.5. The van der Waals surface area contributed by atoms with E-state index in [-0.39, 0.29) is 18.6 Å². The summed E-state index contributed by atoms with van der Waals surface area (Å²) < 4.78 is 11.3. The summed E-state index contributed by atoms with van der Waals surface area (Å²) in [4.78, 5) is 12.2. The molecule has 1 aliphatic heterocycles. The van der Waals surface area contributed by atoms with Gasteiger partial charge in [-0.05, 0) is 68.1 Å². The van der Waals surface area contributed by atoms with Crippen molar-refractivity contribution in [2.24, 2.45) is 0 Å². The molecule has 138 valence electrons.